The first-order chi connectivity index (χ1) is 17.4. The molecule has 3 aliphatic rings. The lowest BCUT2D eigenvalue weighted by Gasteiger charge is -2.27. The first-order valence-corrected chi connectivity index (χ1v) is 11.8. The molecule has 3 amide bonds. The van der Waals surface area contributed by atoms with Gasteiger partial charge in [-0.05, 0) is 24.1 Å². The summed E-state index contributed by atoms with van der Waals surface area (Å²) in [5, 5.41) is 12.1. The van der Waals surface area contributed by atoms with Gasteiger partial charge in [-0.3, -0.25) is 20.1 Å². The van der Waals surface area contributed by atoms with Crippen LogP contribution in [0.1, 0.15) is 34.5 Å². The Hall–Kier alpha value is -3.96. The average Bonchev–Trinajstić information content (AvgIpc) is 3.43. The smallest absolute Gasteiger partial charge is 0.333 e. The number of aromatic amines is 1. The number of nitrogens with one attached hydrogen (secondary N) is 3. The number of hydrogen-bond acceptors (Lipinski definition) is 7. The SMILES string of the molecule is CN(C)C(=O)COC1=CC=C(c2n[nH]c3c2C(=O)c2c(NC(=O)NN4CCOCC4)cccc2-3)CC1. The van der Waals surface area contributed by atoms with E-state index in [1.807, 2.05) is 18.2 Å². The largest absolute Gasteiger partial charge is 0.488 e. The number of morpholine rings is 1. The summed E-state index contributed by atoms with van der Waals surface area (Å²) in [6, 6.07) is 4.95. The topological polar surface area (TPSA) is 129 Å². The predicted molar refractivity (Wildman–Crippen MR) is 132 cm³/mol. The number of aromatic nitrogens is 2. The highest BCUT2D eigenvalue weighted by molar-refractivity contribution is 6.26. The van der Waals surface area contributed by atoms with Crippen LogP contribution in [0.15, 0.2) is 36.1 Å². The van der Waals surface area contributed by atoms with Gasteiger partial charge in [-0.15, -0.1) is 0 Å². The van der Waals surface area contributed by atoms with Crippen molar-refractivity contribution in [1.82, 2.24) is 25.5 Å². The van der Waals surface area contributed by atoms with Gasteiger partial charge in [0, 0.05) is 39.2 Å². The quantitative estimate of drug-likeness (QED) is 0.481. The Bertz CT molecular complexity index is 1270. The average molecular weight is 493 g/mol. The first kappa shape index (κ1) is 23.8. The van der Waals surface area contributed by atoms with Crippen molar-refractivity contribution < 1.29 is 23.9 Å². The Morgan fingerprint density at radius 1 is 1.17 bits per heavy atom. The van der Waals surface area contributed by atoms with Crippen molar-refractivity contribution in [2.45, 2.75) is 12.8 Å². The van der Waals surface area contributed by atoms with Crippen LogP contribution in [0, 0.1) is 0 Å². The van der Waals surface area contributed by atoms with Crippen molar-refractivity contribution in [3.05, 3.63) is 52.9 Å². The Morgan fingerprint density at radius 3 is 2.69 bits per heavy atom. The van der Waals surface area contributed by atoms with Crippen LogP contribution >= 0.6 is 0 Å². The Balaban J connectivity index is 1.33. The normalized spacial score (nSPS) is 17.0. The summed E-state index contributed by atoms with van der Waals surface area (Å²) in [6.07, 6.45) is 4.92. The number of likely N-dealkylation sites (N-methyl/N-ethyl adjacent to an activating group) is 1. The fourth-order valence-electron chi connectivity index (χ4n) is 4.41. The second-order valence-electron chi connectivity index (χ2n) is 8.95. The molecule has 1 aromatic carbocycles. The molecule has 11 heteroatoms. The van der Waals surface area contributed by atoms with Gasteiger partial charge in [0.15, 0.2) is 12.4 Å². The Kier molecular flexibility index (Phi) is 6.57. The van der Waals surface area contributed by atoms with E-state index in [2.05, 4.69) is 20.9 Å². The van der Waals surface area contributed by atoms with Crippen LogP contribution in [-0.4, -0.2) is 84.8 Å². The third-order valence-corrected chi connectivity index (χ3v) is 6.37. The number of amides is 3. The minimum absolute atomic E-state index is 0.0114. The summed E-state index contributed by atoms with van der Waals surface area (Å²) >= 11 is 0. The minimum Gasteiger partial charge on any atom is -0.488 e. The summed E-state index contributed by atoms with van der Waals surface area (Å²) in [5.41, 5.74) is 7.03. The molecule has 2 heterocycles. The molecule has 0 bridgehead atoms. The zero-order chi connectivity index (χ0) is 25.2. The molecule has 1 aliphatic heterocycles. The molecule has 1 fully saturated rings. The molecule has 0 spiro atoms. The van der Waals surface area contributed by atoms with Gasteiger partial charge in [0.2, 0.25) is 0 Å². The third kappa shape index (κ3) is 4.62. The van der Waals surface area contributed by atoms with Crippen LogP contribution in [0.4, 0.5) is 10.5 Å². The van der Waals surface area contributed by atoms with E-state index in [9.17, 15) is 14.4 Å². The van der Waals surface area contributed by atoms with Gasteiger partial charge < -0.3 is 19.7 Å². The highest BCUT2D eigenvalue weighted by Gasteiger charge is 2.35. The number of anilines is 1. The summed E-state index contributed by atoms with van der Waals surface area (Å²) in [5.74, 6) is 0.422. The molecular weight excluding hydrogens is 464 g/mol. The number of benzene rings is 1. The van der Waals surface area contributed by atoms with E-state index in [-0.39, 0.29) is 18.3 Å². The van der Waals surface area contributed by atoms with Crippen LogP contribution in [0.5, 0.6) is 0 Å². The molecule has 188 valence electrons. The number of hydrogen-bond donors (Lipinski definition) is 3. The first-order valence-electron chi connectivity index (χ1n) is 11.8. The molecule has 0 radical (unpaired) electrons. The maximum Gasteiger partial charge on any atom is 0.333 e. The second kappa shape index (κ2) is 9.96. The lowest BCUT2D eigenvalue weighted by Crippen LogP contribution is -2.49. The number of carbonyl (C=O) groups is 3. The number of H-pyrrole nitrogens is 1. The molecule has 1 aromatic heterocycles. The summed E-state index contributed by atoms with van der Waals surface area (Å²) in [7, 11) is 3.37. The number of urea groups is 1. The maximum atomic E-state index is 13.5. The van der Waals surface area contributed by atoms with Crippen LogP contribution in [0.3, 0.4) is 0 Å². The maximum absolute atomic E-state index is 13.5. The van der Waals surface area contributed by atoms with E-state index in [0.717, 1.165) is 5.57 Å². The number of allylic oxidation sites excluding steroid dienone is 4. The molecular formula is C25H28N6O5. The number of ketones is 1. The summed E-state index contributed by atoms with van der Waals surface area (Å²) in [6.45, 7) is 2.29. The number of carbonyl (C=O) groups excluding carboxylic acids is 3. The van der Waals surface area contributed by atoms with Crippen molar-refractivity contribution >= 4 is 29.0 Å². The number of nitrogens with zero attached hydrogens (tertiary/aromatic N) is 3. The molecule has 11 nitrogen and oxygen atoms in total. The monoisotopic (exact) mass is 492 g/mol. The molecule has 36 heavy (non-hydrogen) atoms. The molecule has 2 aromatic rings. The van der Waals surface area contributed by atoms with Gasteiger partial charge in [0.25, 0.3) is 5.91 Å². The molecule has 5 rings (SSSR count). The Morgan fingerprint density at radius 2 is 1.97 bits per heavy atom. The highest BCUT2D eigenvalue weighted by Crippen LogP contribution is 2.43. The number of fused-ring (bicyclic) bond motifs is 3. The lowest BCUT2D eigenvalue weighted by atomic mass is 9.96. The number of hydrazine groups is 1. The van der Waals surface area contributed by atoms with Crippen molar-refractivity contribution in [3.63, 3.8) is 0 Å². The van der Waals surface area contributed by atoms with Crippen LogP contribution in [0.25, 0.3) is 16.8 Å². The van der Waals surface area contributed by atoms with Gasteiger partial charge in [0.05, 0.1) is 47.2 Å². The summed E-state index contributed by atoms with van der Waals surface area (Å²) in [4.78, 5) is 39.4. The minimum atomic E-state index is -0.410. The zero-order valence-corrected chi connectivity index (χ0v) is 20.2. The van der Waals surface area contributed by atoms with Gasteiger partial charge in [0.1, 0.15) is 0 Å². The van der Waals surface area contributed by atoms with Crippen LogP contribution in [0.2, 0.25) is 0 Å². The third-order valence-electron chi connectivity index (χ3n) is 6.37. The van der Waals surface area contributed by atoms with Gasteiger partial charge in [-0.2, -0.15) is 5.10 Å². The van der Waals surface area contributed by atoms with Crippen molar-refractivity contribution in [3.8, 4) is 11.3 Å². The van der Waals surface area contributed by atoms with Crippen LogP contribution < -0.4 is 10.7 Å². The molecule has 2 aliphatic carbocycles. The molecule has 3 N–H and O–H groups in total. The molecule has 0 atom stereocenters. The van der Waals surface area contributed by atoms with Gasteiger partial charge in [-0.1, -0.05) is 18.2 Å². The molecule has 0 unspecified atom stereocenters. The Labute approximate surface area is 208 Å². The van der Waals surface area contributed by atoms with E-state index in [4.69, 9.17) is 9.47 Å². The fourth-order valence-corrected chi connectivity index (χ4v) is 4.41. The lowest BCUT2D eigenvalue weighted by molar-refractivity contribution is -0.132. The predicted octanol–water partition coefficient (Wildman–Crippen LogP) is 2.16. The van der Waals surface area contributed by atoms with E-state index in [1.165, 1.54) is 4.90 Å². The van der Waals surface area contributed by atoms with Gasteiger partial charge in [-0.25, -0.2) is 9.80 Å². The van der Waals surface area contributed by atoms with E-state index >= 15 is 0 Å². The highest BCUT2D eigenvalue weighted by atomic mass is 16.5. The fraction of sp³-hybridized carbons (Fsp3) is 0.360. The standard InChI is InChI=1S/C25H28N6O5/c1-30(2)19(32)14-36-16-8-6-15(7-9-16)22-21-23(28-27-22)17-4-3-5-18(20(17)24(21)33)26-25(34)29-31-10-12-35-13-11-31/h3-6,8H,7,9-14H2,1-2H3,(H,27,28)(H2,26,29,34). The van der Waals surface area contributed by atoms with Crippen LogP contribution in [-0.2, 0) is 14.3 Å². The number of rotatable bonds is 6. The molecule has 0 saturated carbocycles. The van der Waals surface area contributed by atoms with E-state index in [0.29, 0.717) is 78.7 Å². The van der Waals surface area contributed by atoms with Crippen molar-refractivity contribution in [1.29, 1.82) is 0 Å². The van der Waals surface area contributed by atoms with Crippen molar-refractivity contribution in [2.24, 2.45) is 0 Å². The van der Waals surface area contributed by atoms with E-state index in [1.54, 1.807) is 31.2 Å². The number of ether oxygens (including phenoxy) is 2. The van der Waals surface area contributed by atoms with Gasteiger partial charge >= 0.3 is 6.03 Å². The zero-order valence-electron chi connectivity index (χ0n) is 20.2. The summed E-state index contributed by atoms with van der Waals surface area (Å²) < 4.78 is 10.9. The molecule has 1 saturated heterocycles. The van der Waals surface area contributed by atoms with E-state index < -0.39 is 6.03 Å². The van der Waals surface area contributed by atoms with Crippen molar-refractivity contribution in [2.75, 3.05) is 52.3 Å². The second-order valence-corrected chi connectivity index (χ2v) is 8.95.